The van der Waals surface area contributed by atoms with Crippen LogP contribution in [0.25, 0.3) is 0 Å². The Kier molecular flexibility index (Phi) is 15.1. The van der Waals surface area contributed by atoms with Gasteiger partial charge in [0.1, 0.15) is 11.5 Å². The van der Waals surface area contributed by atoms with Crippen molar-refractivity contribution in [2.45, 2.75) is 58.7 Å². The van der Waals surface area contributed by atoms with Crippen molar-refractivity contribution in [1.82, 2.24) is 25.3 Å². The van der Waals surface area contributed by atoms with E-state index in [1.54, 1.807) is 0 Å². The van der Waals surface area contributed by atoms with Crippen LogP contribution in [0.4, 0.5) is 0 Å². The van der Waals surface area contributed by atoms with Gasteiger partial charge in [-0.05, 0) is 19.4 Å². The van der Waals surface area contributed by atoms with E-state index in [0.29, 0.717) is 26.2 Å². The summed E-state index contributed by atoms with van der Waals surface area (Å²) in [6, 6.07) is 17.5. The highest BCUT2D eigenvalue weighted by molar-refractivity contribution is 5.44. The van der Waals surface area contributed by atoms with Crippen molar-refractivity contribution in [2.75, 3.05) is 65.7 Å². The molecule has 0 amide bonds. The van der Waals surface area contributed by atoms with Crippen LogP contribution in [0, 0.1) is 13.8 Å². The molecular weight excluding hydrogens is 610 g/mol. The molecular formula is C37H55N5O6. The molecule has 1 aliphatic rings. The average Bonchev–Trinajstić information content (AvgIpc) is 3.17. The molecule has 1 heterocycles. The van der Waals surface area contributed by atoms with Crippen LogP contribution in [0.1, 0.15) is 38.9 Å². The third-order valence-corrected chi connectivity index (χ3v) is 9.10. The van der Waals surface area contributed by atoms with Gasteiger partial charge in [-0.15, -0.1) is 0 Å². The summed E-state index contributed by atoms with van der Waals surface area (Å²) in [5, 5.41) is 66.7. The number of aliphatic hydroxyl groups excluding tert-OH is 4. The van der Waals surface area contributed by atoms with Crippen LogP contribution in [0.5, 0.6) is 11.5 Å². The SMILES string of the molecule is Cc1cc(CNC(CO)CO)c(O)c(CN2CCN(Cc3ccccc3)CCN(Cc3cc(C)cc(CNC(CO)CO)c3O)CC2)c1. The monoisotopic (exact) mass is 665 g/mol. The lowest BCUT2D eigenvalue weighted by Gasteiger charge is -2.27. The normalized spacial score (nSPS) is 15.6. The molecule has 1 saturated heterocycles. The highest BCUT2D eigenvalue weighted by Crippen LogP contribution is 2.28. The van der Waals surface area contributed by atoms with Gasteiger partial charge in [-0.2, -0.15) is 0 Å². The zero-order valence-electron chi connectivity index (χ0n) is 28.5. The van der Waals surface area contributed by atoms with Crippen LogP contribution >= 0.6 is 0 Å². The Hall–Kier alpha value is -3.10. The molecule has 0 aromatic heterocycles. The minimum atomic E-state index is -0.453. The molecule has 11 heteroatoms. The molecule has 11 nitrogen and oxygen atoms in total. The summed E-state index contributed by atoms with van der Waals surface area (Å²) in [6.45, 7) is 10.8. The van der Waals surface area contributed by atoms with Gasteiger partial charge < -0.3 is 41.3 Å². The van der Waals surface area contributed by atoms with Crippen molar-refractivity contribution < 1.29 is 30.6 Å². The zero-order chi connectivity index (χ0) is 34.5. The number of hydrogen-bond donors (Lipinski definition) is 8. The first-order valence-corrected chi connectivity index (χ1v) is 17.0. The van der Waals surface area contributed by atoms with E-state index in [0.717, 1.165) is 79.2 Å². The first-order valence-electron chi connectivity index (χ1n) is 17.0. The third kappa shape index (κ3) is 11.2. The average molecular weight is 666 g/mol. The van der Waals surface area contributed by atoms with E-state index in [1.165, 1.54) is 5.56 Å². The van der Waals surface area contributed by atoms with Crippen LogP contribution in [0.3, 0.4) is 0 Å². The Morgan fingerprint density at radius 3 is 1.27 bits per heavy atom. The van der Waals surface area contributed by atoms with Crippen LogP contribution in [0.2, 0.25) is 0 Å². The number of aliphatic hydroxyl groups is 4. The molecule has 0 spiro atoms. The Morgan fingerprint density at radius 1 is 0.542 bits per heavy atom. The minimum absolute atomic E-state index is 0.188. The molecule has 0 aliphatic carbocycles. The largest absolute Gasteiger partial charge is 0.507 e. The number of phenols is 2. The van der Waals surface area contributed by atoms with Crippen LogP contribution < -0.4 is 10.6 Å². The van der Waals surface area contributed by atoms with E-state index in [1.807, 2.05) is 44.2 Å². The lowest BCUT2D eigenvalue weighted by Crippen LogP contribution is -2.36. The summed E-state index contributed by atoms with van der Waals surface area (Å²) in [6.07, 6.45) is 0. The maximum atomic E-state index is 11.3. The van der Waals surface area contributed by atoms with Crippen molar-refractivity contribution in [3.8, 4) is 11.5 Å². The summed E-state index contributed by atoms with van der Waals surface area (Å²) < 4.78 is 0. The van der Waals surface area contributed by atoms with Gasteiger partial charge >= 0.3 is 0 Å². The quantitative estimate of drug-likeness (QED) is 0.112. The van der Waals surface area contributed by atoms with E-state index in [2.05, 4.69) is 49.6 Å². The van der Waals surface area contributed by atoms with E-state index < -0.39 is 12.1 Å². The molecule has 1 fully saturated rings. The number of benzene rings is 3. The lowest BCUT2D eigenvalue weighted by atomic mass is 10.0. The number of aryl methyl sites for hydroxylation is 2. The van der Waals surface area contributed by atoms with Gasteiger partial charge in [0.25, 0.3) is 0 Å². The second kappa shape index (κ2) is 19.2. The fourth-order valence-electron chi connectivity index (χ4n) is 6.24. The Balaban J connectivity index is 1.54. The van der Waals surface area contributed by atoms with Gasteiger partial charge in [0.15, 0.2) is 0 Å². The van der Waals surface area contributed by atoms with Crippen LogP contribution in [0.15, 0.2) is 54.6 Å². The number of nitrogens with zero attached hydrogens (tertiary/aromatic N) is 3. The second-order valence-electron chi connectivity index (χ2n) is 13.1. The molecule has 0 saturated carbocycles. The molecule has 4 rings (SSSR count). The topological polar surface area (TPSA) is 155 Å². The van der Waals surface area contributed by atoms with Crippen molar-refractivity contribution in [3.63, 3.8) is 0 Å². The Bertz CT molecular complexity index is 1320. The molecule has 0 radical (unpaired) electrons. The zero-order valence-corrected chi connectivity index (χ0v) is 28.5. The van der Waals surface area contributed by atoms with Gasteiger partial charge in [0.05, 0.1) is 38.5 Å². The molecule has 264 valence electrons. The highest BCUT2D eigenvalue weighted by Gasteiger charge is 2.21. The van der Waals surface area contributed by atoms with E-state index in [4.69, 9.17) is 0 Å². The molecule has 1 aliphatic heterocycles. The maximum Gasteiger partial charge on any atom is 0.124 e. The van der Waals surface area contributed by atoms with Gasteiger partial charge in [0, 0.05) is 94.2 Å². The van der Waals surface area contributed by atoms with Crippen LogP contribution in [-0.4, -0.2) is 123 Å². The molecule has 3 aromatic carbocycles. The smallest absolute Gasteiger partial charge is 0.124 e. The summed E-state index contributed by atoms with van der Waals surface area (Å²) in [5.41, 5.74) is 6.47. The molecule has 0 atom stereocenters. The summed E-state index contributed by atoms with van der Waals surface area (Å²) >= 11 is 0. The number of hydrogen-bond acceptors (Lipinski definition) is 11. The molecule has 0 unspecified atom stereocenters. The number of aromatic hydroxyl groups is 2. The van der Waals surface area contributed by atoms with Gasteiger partial charge in [0.2, 0.25) is 0 Å². The van der Waals surface area contributed by atoms with E-state index in [9.17, 15) is 30.6 Å². The number of phenolic OH excluding ortho intramolecular Hbond substituents is 2. The standard InChI is InChI=1S/C37H55N5O6/c1-27-14-30(18-38-34(23-43)24-44)36(47)32(16-27)21-41-10-8-40(20-29-6-4-3-5-7-29)9-11-42(13-12-41)22-33-17-28(2)15-31(37(33)48)19-39-35(25-45)26-46/h3-7,14-17,34-35,38-39,43-48H,8-13,18-26H2,1-2H3. The van der Waals surface area contributed by atoms with E-state index >= 15 is 0 Å². The fraction of sp³-hybridized carbons (Fsp3) is 0.514. The molecule has 3 aromatic rings. The maximum absolute atomic E-state index is 11.3. The van der Waals surface area contributed by atoms with Crippen LogP contribution in [-0.2, 0) is 32.7 Å². The van der Waals surface area contributed by atoms with Gasteiger partial charge in [-0.3, -0.25) is 14.7 Å². The third-order valence-electron chi connectivity index (χ3n) is 9.10. The predicted octanol–water partition coefficient (Wildman–Crippen LogP) is 1.42. The summed E-state index contributed by atoms with van der Waals surface area (Å²) in [5.74, 6) is 0.465. The Morgan fingerprint density at radius 2 is 0.896 bits per heavy atom. The summed E-state index contributed by atoms with van der Waals surface area (Å²) in [7, 11) is 0. The van der Waals surface area contributed by atoms with Gasteiger partial charge in [-0.25, -0.2) is 0 Å². The van der Waals surface area contributed by atoms with Crippen molar-refractivity contribution in [2.24, 2.45) is 0 Å². The fourth-order valence-corrected chi connectivity index (χ4v) is 6.24. The first kappa shape index (κ1) is 37.7. The summed E-state index contributed by atoms with van der Waals surface area (Å²) in [4.78, 5) is 7.22. The molecule has 0 bridgehead atoms. The van der Waals surface area contributed by atoms with Crippen molar-refractivity contribution in [1.29, 1.82) is 0 Å². The van der Waals surface area contributed by atoms with E-state index in [-0.39, 0.29) is 37.9 Å². The van der Waals surface area contributed by atoms with Crippen molar-refractivity contribution >= 4 is 0 Å². The highest BCUT2D eigenvalue weighted by atomic mass is 16.3. The number of nitrogens with one attached hydrogen (secondary N) is 2. The number of rotatable bonds is 16. The molecule has 8 N–H and O–H groups in total. The van der Waals surface area contributed by atoms with Crippen molar-refractivity contribution in [3.05, 3.63) is 93.5 Å². The second-order valence-corrected chi connectivity index (χ2v) is 13.1. The predicted molar refractivity (Wildman–Crippen MR) is 188 cm³/mol. The van der Waals surface area contributed by atoms with Gasteiger partial charge in [-0.1, -0.05) is 65.7 Å². The Labute approximate surface area is 285 Å². The molecule has 48 heavy (non-hydrogen) atoms. The minimum Gasteiger partial charge on any atom is -0.507 e. The first-order chi connectivity index (χ1) is 23.2. The lowest BCUT2D eigenvalue weighted by molar-refractivity contribution is 0.169.